The SMILES string of the molecule is c1cc2cc(C3CCCCC3)ccc2cc1C1CCCCC1.c1ccc2ccccc2c1. The Balaban J connectivity index is 0.000000180. The van der Waals surface area contributed by atoms with Crippen molar-refractivity contribution in [2.45, 2.75) is 76.0 Å². The highest BCUT2D eigenvalue weighted by Gasteiger charge is 2.17. The lowest BCUT2D eigenvalue weighted by atomic mass is 9.82. The first-order valence-corrected chi connectivity index (χ1v) is 12.8. The van der Waals surface area contributed by atoms with Gasteiger partial charge < -0.3 is 0 Å². The highest BCUT2D eigenvalue weighted by Crippen LogP contribution is 2.36. The Labute approximate surface area is 193 Å². The van der Waals surface area contributed by atoms with Crippen molar-refractivity contribution in [1.82, 2.24) is 0 Å². The van der Waals surface area contributed by atoms with Gasteiger partial charge in [-0.25, -0.2) is 0 Å². The first kappa shape index (κ1) is 21.3. The van der Waals surface area contributed by atoms with Crippen molar-refractivity contribution < 1.29 is 0 Å². The van der Waals surface area contributed by atoms with Gasteiger partial charge in [-0.15, -0.1) is 0 Å². The average Bonchev–Trinajstić information content (AvgIpc) is 2.89. The third-order valence-electron chi connectivity index (χ3n) is 7.70. The zero-order valence-electron chi connectivity index (χ0n) is 19.3. The molecule has 0 heterocycles. The van der Waals surface area contributed by atoms with Gasteiger partial charge in [0.25, 0.3) is 0 Å². The van der Waals surface area contributed by atoms with E-state index in [1.807, 2.05) is 0 Å². The molecule has 4 aromatic rings. The molecule has 0 spiro atoms. The van der Waals surface area contributed by atoms with Gasteiger partial charge in [0, 0.05) is 0 Å². The average molecular weight is 421 g/mol. The highest BCUT2D eigenvalue weighted by atomic mass is 14.2. The van der Waals surface area contributed by atoms with Gasteiger partial charge >= 0.3 is 0 Å². The molecule has 4 aromatic carbocycles. The normalized spacial score (nSPS) is 17.8. The predicted octanol–water partition coefficient (Wildman–Crippen LogP) is 9.77. The Hall–Kier alpha value is -2.60. The minimum Gasteiger partial charge on any atom is -0.0616 e. The van der Waals surface area contributed by atoms with E-state index in [-0.39, 0.29) is 0 Å². The smallest absolute Gasteiger partial charge is 0.0162 e. The number of hydrogen-bond acceptors (Lipinski definition) is 0. The summed E-state index contributed by atoms with van der Waals surface area (Å²) in [5.41, 5.74) is 3.16. The molecule has 0 atom stereocenters. The lowest BCUT2D eigenvalue weighted by Crippen LogP contribution is -2.05. The zero-order chi connectivity index (χ0) is 21.6. The van der Waals surface area contributed by atoms with E-state index in [1.54, 1.807) is 11.1 Å². The molecule has 0 saturated heterocycles. The summed E-state index contributed by atoms with van der Waals surface area (Å²) in [6.07, 6.45) is 14.1. The summed E-state index contributed by atoms with van der Waals surface area (Å²) in [7, 11) is 0. The summed E-state index contributed by atoms with van der Waals surface area (Å²) in [4.78, 5) is 0. The van der Waals surface area contributed by atoms with Gasteiger partial charge in [-0.2, -0.15) is 0 Å². The number of hydrogen-bond donors (Lipinski definition) is 0. The van der Waals surface area contributed by atoms with Crippen LogP contribution in [0.3, 0.4) is 0 Å². The molecule has 0 bridgehead atoms. The lowest BCUT2D eigenvalue weighted by molar-refractivity contribution is 0.443. The van der Waals surface area contributed by atoms with Crippen LogP contribution in [0.15, 0.2) is 84.9 Å². The van der Waals surface area contributed by atoms with Crippen LogP contribution in [-0.4, -0.2) is 0 Å². The van der Waals surface area contributed by atoms with Crippen molar-refractivity contribution >= 4 is 21.5 Å². The maximum absolute atomic E-state index is 2.47. The second-order valence-electron chi connectivity index (χ2n) is 9.88. The third-order valence-corrected chi connectivity index (χ3v) is 7.70. The number of rotatable bonds is 2. The molecule has 0 unspecified atom stereocenters. The Morgan fingerprint density at radius 3 is 1.12 bits per heavy atom. The van der Waals surface area contributed by atoms with Gasteiger partial charge in [0.05, 0.1) is 0 Å². The third kappa shape index (κ3) is 5.07. The molecule has 0 amide bonds. The maximum atomic E-state index is 2.47. The Bertz CT molecular complexity index is 1020. The molecule has 0 aromatic heterocycles. The molecule has 2 aliphatic carbocycles. The number of fused-ring (bicyclic) bond motifs is 2. The summed E-state index contributed by atoms with van der Waals surface area (Å²) in [6, 6.07) is 31.2. The van der Waals surface area contributed by atoms with Crippen LogP contribution in [0.25, 0.3) is 21.5 Å². The monoisotopic (exact) mass is 420 g/mol. The Morgan fingerprint density at radius 1 is 0.375 bits per heavy atom. The minimum absolute atomic E-state index is 0.816. The second-order valence-corrected chi connectivity index (χ2v) is 9.88. The fraction of sp³-hybridized carbons (Fsp3) is 0.375. The first-order valence-electron chi connectivity index (χ1n) is 12.8. The van der Waals surface area contributed by atoms with E-state index in [9.17, 15) is 0 Å². The van der Waals surface area contributed by atoms with E-state index in [4.69, 9.17) is 0 Å². The summed E-state index contributed by atoms with van der Waals surface area (Å²) in [5.74, 6) is 1.63. The lowest BCUT2D eigenvalue weighted by Gasteiger charge is -2.23. The largest absolute Gasteiger partial charge is 0.0616 e. The van der Waals surface area contributed by atoms with Crippen LogP contribution in [0.2, 0.25) is 0 Å². The summed E-state index contributed by atoms with van der Waals surface area (Å²) in [5, 5.41) is 5.51. The van der Waals surface area contributed by atoms with Crippen LogP contribution >= 0.6 is 0 Å². The molecule has 0 heteroatoms. The van der Waals surface area contributed by atoms with E-state index >= 15 is 0 Å². The summed E-state index contributed by atoms with van der Waals surface area (Å²) >= 11 is 0. The van der Waals surface area contributed by atoms with E-state index < -0.39 is 0 Å². The molecule has 6 rings (SSSR count). The molecular weight excluding hydrogens is 384 g/mol. The van der Waals surface area contributed by atoms with Gasteiger partial charge in [0.1, 0.15) is 0 Å². The minimum atomic E-state index is 0.816. The molecule has 164 valence electrons. The van der Waals surface area contributed by atoms with Crippen molar-refractivity contribution in [1.29, 1.82) is 0 Å². The molecule has 2 aliphatic rings. The van der Waals surface area contributed by atoms with Gasteiger partial charge in [-0.3, -0.25) is 0 Å². The molecular formula is C32H36. The zero-order valence-corrected chi connectivity index (χ0v) is 19.3. The summed E-state index contributed by atoms with van der Waals surface area (Å²) in [6.45, 7) is 0. The van der Waals surface area contributed by atoms with Gasteiger partial charge in [0.15, 0.2) is 0 Å². The molecule has 0 aliphatic heterocycles. The first-order chi connectivity index (χ1) is 15.9. The van der Waals surface area contributed by atoms with E-state index in [1.165, 1.54) is 85.8 Å². The van der Waals surface area contributed by atoms with Crippen LogP contribution in [0.1, 0.15) is 87.2 Å². The van der Waals surface area contributed by atoms with Gasteiger partial charge in [0.2, 0.25) is 0 Å². The van der Waals surface area contributed by atoms with E-state index in [2.05, 4.69) is 84.9 Å². The Morgan fingerprint density at radius 2 is 0.750 bits per heavy atom. The standard InChI is InChI=1S/C22H28.C10H8/c1-3-7-17(8-4-1)19-11-13-22-16-20(12-14-21(22)15-19)18-9-5-2-6-10-18;1-2-6-10-8-4-3-7-9(10)5-1/h11-18H,1-10H2;1-8H. The summed E-state index contributed by atoms with van der Waals surface area (Å²) < 4.78 is 0. The maximum Gasteiger partial charge on any atom is -0.0162 e. The predicted molar refractivity (Wildman–Crippen MR) is 140 cm³/mol. The highest BCUT2D eigenvalue weighted by molar-refractivity contribution is 5.84. The van der Waals surface area contributed by atoms with E-state index in [0.29, 0.717) is 0 Å². The van der Waals surface area contributed by atoms with Crippen molar-refractivity contribution in [3.8, 4) is 0 Å². The molecule has 0 radical (unpaired) electrons. The fourth-order valence-electron chi connectivity index (χ4n) is 5.80. The van der Waals surface area contributed by atoms with Gasteiger partial charge in [-0.1, -0.05) is 123 Å². The number of benzene rings is 4. The fourth-order valence-corrected chi connectivity index (χ4v) is 5.80. The van der Waals surface area contributed by atoms with Crippen molar-refractivity contribution in [2.24, 2.45) is 0 Å². The van der Waals surface area contributed by atoms with E-state index in [0.717, 1.165) is 11.8 Å². The molecule has 2 saturated carbocycles. The molecule has 0 N–H and O–H groups in total. The second kappa shape index (κ2) is 10.3. The van der Waals surface area contributed by atoms with Crippen LogP contribution < -0.4 is 0 Å². The molecule has 2 fully saturated rings. The van der Waals surface area contributed by atoms with Crippen LogP contribution in [0.4, 0.5) is 0 Å². The van der Waals surface area contributed by atoms with Gasteiger partial charge in [-0.05, 0) is 70.2 Å². The topological polar surface area (TPSA) is 0 Å². The van der Waals surface area contributed by atoms with Crippen molar-refractivity contribution in [3.63, 3.8) is 0 Å². The van der Waals surface area contributed by atoms with Crippen molar-refractivity contribution in [3.05, 3.63) is 96.1 Å². The quantitative estimate of drug-likeness (QED) is 0.303. The van der Waals surface area contributed by atoms with Crippen LogP contribution in [0, 0.1) is 0 Å². The molecule has 0 nitrogen and oxygen atoms in total. The Kier molecular flexibility index (Phi) is 6.87. The van der Waals surface area contributed by atoms with Crippen molar-refractivity contribution in [2.75, 3.05) is 0 Å². The van der Waals surface area contributed by atoms with Crippen LogP contribution in [0.5, 0.6) is 0 Å². The molecule has 32 heavy (non-hydrogen) atoms. The van der Waals surface area contributed by atoms with Crippen LogP contribution in [-0.2, 0) is 0 Å².